The molecule has 1 aliphatic rings. The van der Waals surface area contributed by atoms with Crippen LogP contribution in [0.15, 0.2) is 48.8 Å². The summed E-state index contributed by atoms with van der Waals surface area (Å²) >= 11 is 0. The zero-order valence-corrected chi connectivity index (χ0v) is 16.2. The van der Waals surface area contributed by atoms with Crippen molar-refractivity contribution in [2.24, 2.45) is 7.05 Å². The van der Waals surface area contributed by atoms with E-state index in [0.29, 0.717) is 0 Å². The van der Waals surface area contributed by atoms with E-state index in [-0.39, 0.29) is 29.0 Å². The fourth-order valence-corrected chi connectivity index (χ4v) is 3.69. The second-order valence-electron chi connectivity index (χ2n) is 7.19. The van der Waals surface area contributed by atoms with Crippen LogP contribution in [-0.2, 0) is 19.6 Å². The number of rotatable bonds is 4. The highest BCUT2D eigenvalue weighted by molar-refractivity contribution is 5.99. The van der Waals surface area contributed by atoms with Crippen LogP contribution in [0.5, 0.6) is 0 Å². The van der Waals surface area contributed by atoms with Gasteiger partial charge >= 0.3 is 6.18 Å². The van der Waals surface area contributed by atoms with E-state index in [2.05, 4.69) is 20.7 Å². The van der Waals surface area contributed by atoms with E-state index in [1.54, 1.807) is 18.3 Å². The van der Waals surface area contributed by atoms with E-state index in [0.717, 1.165) is 42.7 Å². The number of nitrogens with one attached hydrogen (secondary N) is 2. The largest absolute Gasteiger partial charge is 0.416 e. The maximum absolute atomic E-state index is 13.0. The highest BCUT2D eigenvalue weighted by Gasteiger charge is 2.30. The summed E-state index contributed by atoms with van der Waals surface area (Å²) in [4.78, 5) is 17.1. The number of carbonyl (C=O) groups is 1. The number of pyridine rings is 1. The number of alkyl halides is 3. The lowest BCUT2D eigenvalue weighted by atomic mass is 9.93. The van der Waals surface area contributed by atoms with Crippen molar-refractivity contribution in [2.75, 3.05) is 5.32 Å². The second-order valence-corrected chi connectivity index (χ2v) is 7.19. The van der Waals surface area contributed by atoms with E-state index in [1.807, 2.05) is 11.7 Å². The highest BCUT2D eigenvalue weighted by Crippen LogP contribution is 2.32. The molecule has 6 nitrogen and oxygen atoms in total. The van der Waals surface area contributed by atoms with Crippen LogP contribution < -0.4 is 10.6 Å². The van der Waals surface area contributed by atoms with Gasteiger partial charge in [0.2, 0.25) is 0 Å². The van der Waals surface area contributed by atoms with Crippen LogP contribution >= 0.6 is 0 Å². The maximum atomic E-state index is 13.0. The van der Waals surface area contributed by atoms with Crippen molar-refractivity contribution in [3.05, 3.63) is 71.2 Å². The lowest BCUT2D eigenvalue weighted by Crippen LogP contribution is -2.31. The fraction of sp³-hybridized carbons (Fsp3) is 0.286. The van der Waals surface area contributed by atoms with Gasteiger partial charge in [-0.2, -0.15) is 18.3 Å². The number of fused-ring (bicyclic) bond motifs is 1. The Morgan fingerprint density at radius 3 is 2.87 bits per heavy atom. The van der Waals surface area contributed by atoms with Crippen molar-refractivity contribution in [3.8, 4) is 0 Å². The number of carbonyl (C=O) groups excluding carboxylic acids is 1. The number of aryl methyl sites for hydroxylation is 1. The Kier molecular flexibility index (Phi) is 5.19. The zero-order chi connectivity index (χ0) is 21.3. The van der Waals surface area contributed by atoms with Gasteiger partial charge in [-0.25, -0.2) is 4.98 Å². The Morgan fingerprint density at radius 2 is 2.07 bits per heavy atom. The maximum Gasteiger partial charge on any atom is 0.416 e. The van der Waals surface area contributed by atoms with Gasteiger partial charge in [-0.15, -0.1) is 0 Å². The molecule has 1 atom stereocenters. The van der Waals surface area contributed by atoms with Crippen LogP contribution in [0.3, 0.4) is 0 Å². The molecule has 4 rings (SSSR count). The summed E-state index contributed by atoms with van der Waals surface area (Å²) in [6, 6.07) is 7.81. The molecular weight excluding hydrogens is 395 g/mol. The van der Waals surface area contributed by atoms with E-state index < -0.39 is 11.7 Å². The Balaban J connectivity index is 1.56. The third kappa shape index (κ3) is 4.00. The highest BCUT2D eigenvalue weighted by atomic mass is 19.4. The van der Waals surface area contributed by atoms with E-state index in [9.17, 15) is 18.0 Å². The molecule has 1 aromatic carbocycles. The van der Waals surface area contributed by atoms with Crippen LogP contribution in [-0.4, -0.2) is 20.7 Å². The first-order valence-corrected chi connectivity index (χ1v) is 9.54. The Bertz CT molecular complexity index is 1080. The summed E-state index contributed by atoms with van der Waals surface area (Å²) in [6.07, 6.45) is 1.43. The van der Waals surface area contributed by atoms with Gasteiger partial charge in [-0.05, 0) is 49.6 Å². The van der Waals surface area contributed by atoms with Gasteiger partial charge < -0.3 is 10.6 Å². The van der Waals surface area contributed by atoms with Crippen molar-refractivity contribution in [1.82, 2.24) is 20.1 Å². The summed E-state index contributed by atoms with van der Waals surface area (Å²) in [5.74, 6) is -0.157. The summed E-state index contributed by atoms with van der Waals surface area (Å²) in [5.41, 5.74) is 1.77. The second kappa shape index (κ2) is 7.81. The van der Waals surface area contributed by atoms with E-state index in [1.165, 1.54) is 18.3 Å². The fourth-order valence-electron chi connectivity index (χ4n) is 3.69. The first-order chi connectivity index (χ1) is 14.3. The van der Waals surface area contributed by atoms with Crippen molar-refractivity contribution in [3.63, 3.8) is 0 Å². The molecule has 156 valence electrons. The lowest BCUT2D eigenvalue weighted by molar-refractivity contribution is -0.137. The third-order valence-corrected chi connectivity index (χ3v) is 5.19. The number of halogens is 3. The number of hydrogen-bond acceptors (Lipinski definition) is 4. The number of hydrogen-bond donors (Lipinski definition) is 2. The van der Waals surface area contributed by atoms with Crippen LogP contribution in [0.4, 0.5) is 24.7 Å². The molecule has 1 amide bonds. The molecule has 1 unspecified atom stereocenters. The molecule has 1 aliphatic carbocycles. The van der Waals surface area contributed by atoms with Crippen molar-refractivity contribution in [2.45, 2.75) is 31.5 Å². The van der Waals surface area contributed by atoms with Gasteiger partial charge in [0, 0.05) is 30.2 Å². The SMILES string of the molecule is Cn1ncc2c1CCCC2NC(=O)c1cccnc1Nc1cccc(C(F)(F)F)c1. The summed E-state index contributed by atoms with van der Waals surface area (Å²) < 4.78 is 40.8. The van der Waals surface area contributed by atoms with Crippen molar-refractivity contribution < 1.29 is 18.0 Å². The molecule has 0 spiro atoms. The topological polar surface area (TPSA) is 71.8 Å². The molecule has 3 aromatic rings. The summed E-state index contributed by atoms with van der Waals surface area (Å²) in [5, 5.41) is 10.1. The number of anilines is 2. The molecule has 9 heteroatoms. The smallest absolute Gasteiger partial charge is 0.345 e. The Morgan fingerprint density at radius 1 is 1.23 bits per heavy atom. The minimum absolute atomic E-state index is 0.170. The number of nitrogens with zero attached hydrogens (tertiary/aromatic N) is 3. The van der Waals surface area contributed by atoms with Crippen molar-refractivity contribution >= 4 is 17.4 Å². The van der Waals surface area contributed by atoms with Gasteiger partial charge in [0.25, 0.3) is 5.91 Å². The van der Waals surface area contributed by atoms with Crippen LogP contribution in [0, 0.1) is 0 Å². The van der Waals surface area contributed by atoms with Gasteiger partial charge in [0.1, 0.15) is 5.82 Å². The van der Waals surface area contributed by atoms with E-state index >= 15 is 0 Å². The van der Waals surface area contributed by atoms with Crippen molar-refractivity contribution in [1.29, 1.82) is 0 Å². The van der Waals surface area contributed by atoms with E-state index in [4.69, 9.17) is 0 Å². The number of amides is 1. The average molecular weight is 415 g/mol. The minimum Gasteiger partial charge on any atom is -0.345 e. The van der Waals surface area contributed by atoms with Gasteiger partial charge in [-0.3, -0.25) is 9.48 Å². The van der Waals surface area contributed by atoms with Gasteiger partial charge in [0.15, 0.2) is 0 Å². The van der Waals surface area contributed by atoms with Gasteiger partial charge in [0.05, 0.1) is 23.4 Å². The average Bonchev–Trinajstić information content (AvgIpc) is 3.10. The molecule has 30 heavy (non-hydrogen) atoms. The van der Waals surface area contributed by atoms with Crippen LogP contribution in [0.1, 0.15) is 46.1 Å². The van der Waals surface area contributed by atoms with Gasteiger partial charge in [-0.1, -0.05) is 6.07 Å². The van der Waals surface area contributed by atoms with Crippen LogP contribution in [0.2, 0.25) is 0 Å². The molecule has 0 aliphatic heterocycles. The Labute approximate surface area is 171 Å². The quantitative estimate of drug-likeness (QED) is 0.663. The molecule has 0 radical (unpaired) electrons. The molecular formula is C21H20F3N5O. The lowest BCUT2D eigenvalue weighted by Gasteiger charge is -2.24. The first kappa shape index (κ1) is 19.9. The Hall–Kier alpha value is -3.36. The molecule has 0 saturated heterocycles. The molecule has 2 aromatic heterocycles. The predicted molar refractivity (Wildman–Crippen MR) is 105 cm³/mol. The van der Waals surface area contributed by atoms with Crippen LogP contribution in [0.25, 0.3) is 0 Å². The first-order valence-electron chi connectivity index (χ1n) is 9.54. The summed E-state index contributed by atoms with van der Waals surface area (Å²) in [7, 11) is 1.88. The molecule has 0 saturated carbocycles. The normalized spacial score (nSPS) is 16.1. The molecule has 0 bridgehead atoms. The molecule has 2 N–H and O–H groups in total. The monoisotopic (exact) mass is 415 g/mol. The minimum atomic E-state index is -4.45. The number of benzene rings is 1. The molecule has 0 fully saturated rings. The summed E-state index contributed by atoms with van der Waals surface area (Å²) in [6.45, 7) is 0. The third-order valence-electron chi connectivity index (χ3n) is 5.19. The predicted octanol–water partition coefficient (Wildman–Crippen LogP) is 4.38. The number of aromatic nitrogens is 3. The zero-order valence-electron chi connectivity index (χ0n) is 16.2. The standard InChI is InChI=1S/C21H20F3N5O/c1-29-18-9-3-8-17(16(18)12-26-29)28-20(30)15-7-4-10-25-19(15)27-14-6-2-5-13(11-14)21(22,23)24/h2,4-7,10-12,17H,3,8-9H2,1H3,(H,25,27)(H,28,30). The molecule has 2 heterocycles.